The van der Waals surface area contributed by atoms with Crippen LogP contribution in [0.4, 0.5) is 0 Å². The molecule has 0 radical (unpaired) electrons. The highest BCUT2D eigenvalue weighted by atomic mass is 35.5. The zero-order chi connectivity index (χ0) is 14.4. The summed E-state index contributed by atoms with van der Waals surface area (Å²) in [5.41, 5.74) is 8.59. The number of rotatable bonds is 6. The minimum atomic E-state index is 0.172. The van der Waals surface area contributed by atoms with Crippen LogP contribution in [0.2, 0.25) is 5.02 Å². The van der Waals surface area contributed by atoms with Crippen molar-refractivity contribution in [3.63, 3.8) is 0 Å². The molecule has 0 aliphatic carbocycles. The molecule has 0 fully saturated rings. The molecule has 1 nitrogen and oxygen atoms in total. The number of thioether (sulfide) groups is 1. The summed E-state index contributed by atoms with van der Waals surface area (Å²) in [7, 11) is 0. The van der Waals surface area contributed by atoms with E-state index in [2.05, 4.69) is 37.3 Å². The average molecular weight is 306 g/mol. The van der Waals surface area contributed by atoms with E-state index in [0.717, 1.165) is 23.6 Å². The van der Waals surface area contributed by atoms with E-state index in [0.29, 0.717) is 0 Å². The van der Waals surface area contributed by atoms with Gasteiger partial charge in [-0.05, 0) is 36.1 Å². The molecule has 0 aliphatic rings. The first-order valence-electron chi connectivity index (χ1n) is 6.90. The number of halogens is 1. The molecule has 0 saturated heterocycles. The number of hydrogen-bond donors (Lipinski definition) is 1. The van der Waals surface area contributed by atoms with Crippen LogP contribution in [-0.4, -0.2) is 6.04 Å². The second-order valence-corrected chi connectivity index (χ2v) is 6.29. The van der Waals surface area contributed by atoms with Gasteiger partial charge in [-0.1, -0.05) is 54.9 Å². The standard InChI is InChI=1S/C17H20ClNS/c1-2-14(19)11-15-16(18)9-6-10-17(15)20-12-13-7-4-3-5-8-13/h3-10,14H,2,11-12,19H2,1H3. The largest absolute Gasteiger partial charge is 0.327 e. The van der Waals surface area contributed by atoms with E-state index < -0.39 is 0 Å². The van der Waals surface area contributed by atoms with Crippen molar-refractivity contribution < 1.29 is 0 Å². The number of hydrogen-bond acceptors (Lipinski definition) is 2. The second kappa shape index (κ2) is 7.72. The molecule has 2 aromatic rings. The summed E-state index contributed by atoms with van der Waals surface area (Å²) in [5, 5.41) is 0.826. The highest BCUT2D eigenvalue weighted by Gasteiger charge is 2.11. The molecule has 0 aromatic heterocycles. The lowest BCUT2D eigenvalue weighted by Gasteiger charge is -2.14. The maximum absolute atomic E-state index is 6.34. The van der Waals surface area contributed by atoms with Crippen LogP contribution < -0.4 is 5.73 Å². The fraction of sp³-hybridized carbons (Fsp3) is 0.294. The SMILES string of the molecule is CCC(N)Cc1c(Cl)cccc1SCc1ccccc1. The van der Waals surface area contributed by atoms with E-state index in [1.165, 1.54) is 16.0 Å². The maximum atomic E-state index is 6.34. The molecule has 0 spiro atoms. The van der Waals surface area contributed by atoms with Gasteiger partial charge in [-0.3, -0.25) is 0 Å². The third-order valence-corrected chi connectivity index (χ3v) is 4.83. The Labute approximate surface area is 130 Å². The van der Waals surface area contributed by atoms with Gasteiger partial charge in [0, 0.05) is 21.7 Å². The van der Waals surface area contributed by atoms with Crippen molar-refractivity contribution >= 4 is 23.4 Å². The van der Waals surface area contributed by atoms with Crippen molar-refractivity contribution in [2.45, 2.75) is 36.5 Å². The Morgan fingerprint density at radius 1 is 1.10 bits per heavy atom. The molecule has 0 saturated carbocycles. The molecule has 2 N–H and O–H groups in total. The monoisotopic (exact) mass is 305 g/mol. The molecule has 0 heterocycles. The van der Waals surface area contributed by atoms with E-state index in [9.17, 15) is 0 Å². The molecule has 20 heavy (non-hydrogen) atoms. The minimum Gasteiger partial charge on any atom is -0.327 e. The number of nitrogens with two attached hydrogens (primary N) is 1. The van der Waals surface area contributed by atoms with Crippen molar-refractivity contribution in [1.82, 2.24) is 0 Å². The summed E-state index contributed by atoms with van der Waals surface area (Å²) in [6.45, 7) is 2.11. The van der Waals surface area contributed by atoms with Gasteiger partial charge in [-0.25, -0.2) is 0 Å². The van der Waals surface area contributed by atoms with Gasteiger partial charge in [0.25, 0.3) is 0 Å². The lowest BCUT2D eigenvalue weighted by molar-refractivity contribution is 0.641. The van der Waals surface area contributed by atoms with Crippen LogP contribution in [0.3, 0.4) is 0 Å². The smallest absolute Gasteiger partial charge is 0.0449 e. The predicted molar refractivity (Wildman–Crippen MR) is 89.4 cm³/mol. The van der Waals surface area contributed by atoms with E-state index in [4.69, 9.17) is 17.3 Å². The van der Waals surface area contributed by atoms with E-state index >= 15 is 0 Å². The van der Waals surface area contributed by atoms with E-state index in [-0.39, 0.29) is 6.04 Å². The molecule has 0 aliphatic heterocycles. The average Bonchev–Trinajstić information content (AvgIpc) is 2.48. The minimum absolute atomic E-state index is 0.172. The lowest BCUT2D eigenvalue weighted by Crippen LogP contribution is -2.21. The van der Waals surface area contributed by atoms with Gasteiger partial charge in [0.05, 0.1) is 0 Å². The van der Waals surface area contributed by atoms with Gasteiger partial charge < -0.3 is 5.73 Å². The highest BCUT2D eigenvalue weighted by Crippen LogP contribution is 2.31. The Morgan fingerprint density at radius 2 is 1.85 bits per heavy atom. The van der Waals surface area contributed by atoms with Gasteiger partial charge in [0.15, 0.2) is 0 Å². The zero-order valence-corrected chi connectivity index (χ0v) is 13.3. The fourth-order valence-corrected chi connectivity index (χ4v) is 3.38. The molecule has 106 valence electrons. The van der Waals surface area contributed by atoms with Crippen LogP contribution in [0.1, 0.15) is 24.5 Å². The van der Waals surface area contributed by atoms with Crippen molar-refractivity contribution in [2.24, 2.45) is 5.73 Å². The molecule has 3 heteroatoms. The predicted octanol–water partition coefficient (Wildman–Crippen LogP) is 4.91. The second-order valence-electron chi connectivity index (χ2n) is 4.86. The first-order valence-corrected chi connectivity index (χ1v) is 8.26. The summed E-state index contributed by atoms with van der Waals surface area (Å²) in [4.78, 5) is 1.24. The van der Waals surface area contributed by atoms with Gasteiger partial charge >= 0.3 is 0 Å². The normalized spacial score (nSPS) is 12.3. The van der Waals surface area contributed by atoms with Crippen LogP contribution in [0, 0.1) is 0 Å². The summed E-state index contributed by atoms with van der Waals surface area (Å²) >= 11 is 8.17. The van der Waals surface area contributed by atoms with E-state index in [1.54, 1.807) is 0 Å². The molecule has 0 amide bonds. The van der Waals surface area contributed by atoms with Crippen LogP contribution in [0.25, 0.3) is 0 Å². The molecule has 1 atom stereocenters. The topological polar surface area (TPSA) is 26.0 Å². The Hall–Kier alpha value is -0.960. The quantitative estimate of drug-likeness (QED) is 0.767. The van der Waals surface area contributed by atoms with Crippen LogP contribution in [0.5, 0.6) is 0 Å². The van der Waals surface area contributed by atoms with Crippen molar-refractivity contribution in [1.29, 1.82) is 0 Å². The summed E-state index contributed by atoms with van der Waals surface area (Å²) in [6.07, 6.45) is 1.81. The maximum Gasteiger partial charge on any atom is 0.0449 e. The zero-order valence-electron chi connectivity index (χ0n) is 11.7. The van der Waals surface area contributed by atoms with Crippen LogP contribution >= 0.6 is 23.4 Å². The van der Waals surface area contributed by atoms with Crippen LogP contribution in [-0.2, 0) is 12.2 Å². The number of benzene rings is 2. The lowest BCUT2D eigenvalue weighted by atomic mass is 10.0. The fourth-order valence-electron chi connectivity index (χ4n) is 2.01. The van der Waals surface area contributed by atoms with Gasteiger partial charge in [0.1, 0.15) is 0 Å². The Bertz CT molecular complexity index is 542. The van der Waals surface area contributed by atoms with Gasteiger partial charge in [-0.15, -0.1) is 11.8 Å². The first kappa shape index (κ1) is 15.4. The molecule has 2 aromatic carbocycles. The third-order valence-electron chi connectivity index (χ3n) is 3.30. The summed E-state index contributed by atoms with van der Waals surface area (Å²) in [5.74, 6) is 0.954. The molecular weight excluding hydrogens is 286 g/mol. The molecule has 1 unspecified atom stereocenters. The van der Waals surface area contributed by atoms with Gasteiger partial charge in [-0.2, -0.15) is 0 Å². The Kier molecular flexibility index (Phi) is 5.96. The molecule has 2 rings (SSSR count). The first-order chi connectivity index (χ1) is 9.70. The van der Waals surface area contributed by atoms with Crippen molar-refractivity contribution in [3.8, 4) is 0 Å². The Balaban J connectivity index is 2.12. The van der Waals surface area contributed by atoms with Crippen molar-refractivity contribution in [2.75, 3.05) is 0 Å². The molecule has 0 bridgehead atoms. The van der Waals surface area contributed by atoms with E-state index in [1.807, 2.05) is 30.0 Å². The highest BCUT2D eigenvalue weighted by molar-refractivity contribution is 7.98. The summed E-state index contributed by atoms with van der Waals surface area (Å²) in [6, 6.07) is 16.7. The van der Waals surface area contributed by atoms with Crippen LogP contribution in [0.15, 0.2) is 53.4 Å². The Morgan fingerprint density at radius 3 is 2.55 bits per heavy atom. The molecular formula is C17H20ClNS. The summed E-state index contributed by atoms with van der Waals surface area (Å²) < 4.78 is 0. The van der Waals surface area contributed by atoms with Gasteiger partial charge in [0.2, 0.25) is 0 Å². The third kappa shape index (κ3) is 4.27. The van der Waals surface area contributed by atoms with Crippen molar-refractivity contribution in [3.05, 3.63) is 64.7 Å².